The molecule has 0 aromatic heterocycles. The van der Waals surface area contributed by atoms with Crippen LogP contribution in [0.2, 0.25) is 5.02 Å². The molecule has 0 radical (unpaired) electrons. The summed E-state index contributed by atoms with van der Waals surface area (Å²) in [6, 6.07) is 4.20. The van der Waals surface area contributed by atoms with Crippen molar-refractivity contribution in [2.75, 3.05) is 13.7 Å². The molecule has 0 saturated carbocycles. The van der Waals surface area contributed by atoms with Crippen LogP contribution in [0, 0.1) is 11.7 Å². The van der Waals surface area contributed by atoms with E-state index >= 15 is 0 Å². The Morgan fingerprint density at radius 3 is 2.81 bits per heavy atom. The summed E-state index contributed by atoms with van der Waals surface area (Å²) in [5.74, 6) is -0.505. The second-order valence-corrected chi connectivity index (χ2v) is 4.31. The van der Waals surface area contributed by atoms with Gasteiger partial charge in [-0.25, -0.2) is 4.39 Å². The van der Waals surface area contributed by atoms with Gasteiger partial charge in [-0.1, -0.05) is 18.5 Å². The average molecular weight is 247 g/mol. The molecule has 0 aliphatic heterocycles. The molecule has 4 heteroatoms. The first-order chi connectivity index (χ1) is 7.56. The predicted octanol–water partition coefficient (Wildman–Crippen LogP) is 3.19. The molecule has 0 amide bonds. The highest BCUT2D eigenvalue weighted by atomic mass is 35.5. The van der Waals surface area contributed by atoms with Crippen LogP contribution >= 0.6 is 11.6 Å². The summed E-state index contributed by atoms with van der Waals surface area (Å²) in [5, 5.41) is 10.4. The maximum Gasteiger partial charge on any atom is 0.129 e. The number of halogens is 2. The second kappa shape index (κ2) is 6.18. The van der Waals surface area contributed by atoms with Crippen LogP contribution in [0.1, 0.15) is 25.0 Å². The van der Waals surface area contributed by atoms with Crippen LogP contribution in [0.5, 0.6) is 0 Å². The average Bonchev–Trinajstić information content (AvgIpc) is 2.28. The molecule has 1 N–H and O–H groups in total. The zero-order valence-electron chi connectivity index (χ0n) is 9.41. The number of benzene rings is 1. The van der Waals surface area contributed by atoms with Crippen molar-refractivity contribution >= 4 is 11.6 Å². The molecule has 1 rings (SSSR count). The van der Waals surface area contributed by atoms with Crippen molar-refractivity contribution in [3.05, 3.63) is 34.6 Å². The van der Waals surface area contributed by atoms with E-state index in [0.29, 0.717) is 18.1 Å². The third-order valence-electron chi connectivity index (χ3n) is 2.59. The van der Waals surface area contributed by atoms with E-state index in [1.165, 1.54) is 18.2 Å². The van der Waals surface area contributed by atoms with Gasteiger partial charge in [0.15, 0.2) is 0 Å². The summed E-state index contributed by atoms with van der Waals surface area (Å²) in [7, 11) is 1.60. The molecule has 1 aromatic rings. The topological polar surface area (TPSA) is 29.5 Å². The fourth-order valence-electron chi connectivity index (χ4n) is 1.51. The minimum Gasteiger partial charge on any atom is -0.388 e. The zero-order chi connectivity index (χ0) is 12.1. The lowest BCUT2D eigenvalue weighted by Crippen LogP contribution is -2.13. The van der Waals surface area contributed by atoms with Gasteiger partial charge in [0.2, 0.25) is 0 Å². The van der Waals surface area contributed by atoms with Gasteiger partial charge in [0.25, 0.3) is 0 Å². The van der Waals surface area contributed by atoms with Gasteiger partial charge in [-0.2, -0.15) is 0 Å². The fourth-order valence-corrected chi connectivity index (χ4v) is 1.69. The molecule has 16 heavy (non-hydrogen) atoms. The predicted molar refractivity (Wildman–Crippen MR) is 62.0 cm³/mol. The van der Waals surface area contributed by atoms with Gasteiger partial charge in [0.05, 0.1) is 6.10 Å². The first-order valence-corrected chi connectivity index (χ1v) is 5.56. The third kappa shape index (κ3) is 3.44. The molecule has 0 saturated heterocycles. The van der Waals surface area contributed by atoms with Gasteiger partial charge in [0.1, 0.15) is 5.82 Å². The minimum atomic E-state index is -0.853. The maximum atomic E-state index is 13.5. The number of aliphatic hydroxyl groups is 1. The Morgan fingerprint density at radius 2 is 2.19 bits per heavy atom. The number of hydrogen-bond acceptors (Lipinski definition) is 2. The van der Waals surface area contributed by atoms with E-state index in [1.54, 1.807) is 7.11 Å². The summed E-state index contributed by atoms with van der Waals surface area (Å²) in [5.41, 5.74) is 0.246. The monoisotopic (exact) mass is 246 g/mol. The Labute approximate surface area is 100.0 Å². The molecule has 90 valence electrons. The number of hydrogen-bond donors (Lipinski definition) is 1. The lowest BCUT2D eigenvalue weighted by Gasteiger charge is -2.19. The Morgan fingerprint density at radius 1 is 1.50 bits per heavy atom. The van der Waals surface area contributed by atoms with Crippen LogP contribution in [-0.2, 0) is 4.74 Å². The highest BCUT2D eigenvalue weighted by Gasteiger charge is 2.19. The SMILES string of the molecule is COCCC(C)C(O)c1cc(Cl)ccc1F. The molecular formula is C12H16ClFO2. The molecule has 0 heterocycles. The third-order valence-corrected chi connectivity index (χ3v) is 2.83. The van der Waals surface area contributed by atoms with Crippen molar-refractivity contribution in [2.45, 2.75) is 19.4 Å². The van der Waals surface area contributed by atoms with Crippen molar-refractivity contribution in [2.24, 2.45) is 5.92 Å². The summed E-state index contributed by atoms with van der Waals surface area (Å²) < 4.78 is 18.4. The highest BCUT2D eigenvalue weighted by Crippen LogP contribution is 2.28. The first-order valence-electron chi connectivity index (χ1n) is 5.18. The lowest BCUT2D eigenvalue weighted by atomic mass is 9.94. The van der Waals surface area contributed by atoms with Crippen LogP contribution < -0.4 is 0 Å². The molecule has 1 aromatic carbocycles. The van der Waals surface area contributed by atoms with Crippen LogP contribution in [0.4, 0.5) is 4.39 Å². The Hall–Kier alpha value is -0.640. The molecule has 0 aliphatic rings. The first kappa shape index (κ1) is 13.4. The van der Waals surface area contributed by atoms with E-state index in [9.17, 15) is 9.50 Å². The summed E-state index contributed by atoms with van der Waals surface area (Å²) in [4.78, 5) is 0. The number of aliphatic hydroxyl groups excluding tert-OH is 1. The fraction of sp³-hybridized carbons (Fsp3) is 0.500. The summed E-state index contributed by atoms with van der Waals surface area (Å²) in [6.45, 7) is 2.39. The van der Waals surface area contributed by atoms with E-state index in [1.807, 2.05) is 6.92 Å². The standard InChI is InChI=1S/C12H16ClFO2/c1-8(5-6-16-2)12(15)10-7-9(13)3-4-11(10)14/h3-4,7-8,12,15H,5-6H2,1-2H3. The molecule has 0 fully saturated rings. The summed E-state index contributed by atoms with van der Waals surface area (Å²) >= 11 is 5.77. The molecule has 2 nitrogen and oxygen atoms in total. The van der Waals surface area contributed by atoms with Gasteiger partial charge in [-0.05, 0) is 30.5 Å². The lowest BCUT2D eigenvalue weighted by molar-refractivity contribution is 0.0859. The molecule has 0 aliphatic carbocycles. The molecule has 2 atom stereocenters. The number of methoxy groups -OCH3 is 1. The van der Waals surface area contributed by atoms with Crippen LogP contribution in [0.25, 0.3) is 0 Å². The Bertz CT molecular complexity index is 344. The van der Waals surface area contributed by atoms with Gasteiger partial charge in [-0.3, -0.25) is 0 Å². The summed E-state index contributed by atoms with van der Waals surface area (Å²) in [6.07, 6.45) is -0.183. The van der Waals surface area contributed by atoms with Crippen molar-refractivity contribution in [1.82, 2.24) is 0 Å². The van der Waals surface area contributed by atoms with Crippen molar-refractivity contribution in [1.29, 1.82) is 0 Å². The smallest absolute Gasteiger partial charge is 0.129 e. The van der Waals surface area contributed by atoms with E-state index in [4.69, 9.17) is 16.3 Å². The van der Waals surface area contributed by atoms with Crippen molar-refractivity contribution < 1.29 is 14.2 Å². The Balaban J connectivity index is 2.78. The van der Waals surface area contributed by atoms with E-state index in [2.05, 4.69) is 0 Å². The molecule has 0 bridgehead atoms. The zero-order valence-corrected chi connectivity index (χ0v) is 10.2. The quantitative estimate of drug-likeness (QED) is 0.865. The number of rotatable bonds is 5. The normalized spacial score (nSPS) is 14.8. The van der Waals surface area contributed by atoms with Gasteiger partial charge in [-0.15, -0.1) is 0 Å². The largest absolute Gasteiger partial charge is 0.388 e. The van der Waals surface area contributed by atoms with Crippen LogP contribution in [0.3, 0.4) is 0 Å². The number of ether oxygens (including phenoxy) is 1. The van der Waals surface area contributed by atoms with Crippen molar-refractivity contribution in [3.63, 3.8) is 0 Å². The van der Waals surface area contributed by atoms with E-state index < -0.39 is 11.9 Å². The minimum absolute atomic E-state index is 0.0760. The van der Waals surface area contributed by atoms with E-state index in [0.717, 1.165) is 0 Å². The molecular weight excluding hydrogens is 231 g/mol. The van der Waals surface area contributed by atoms with Crippen LogP contribution in [-0.4, -0.2) is 18.8 Å². The van der Waals surface area contributed by atoms with Crippen molar-refractivity contribution in [3.8, 4) is 0 Å². The maximum absolute atomic E-state index is 13.5. The van der Waals surface area contributed by atoms with Gasteiger partial charge < -0.3 is 9.84 Å². The second-order valence-electron chi connectivity index (χ2n) is 3.87. The van der Waals surface area contributed by atoms with Gasteiger partial charge >= 0.3 is 0 Å². The molecule has 2 unspecified atom stereocenters. The van der Waals surface area contributed by atoms with Gasteiger partial charge in [0, 0.05) is 24.3 Å². The van der Waals surface area contributed by atoms with E-state index in [-0.39, 0.29) is 11.5 Å². The van der Waals surface area contributed by atoms with Crippen LogP contribution in [0.15, 0.2) is 18.2 Å². The highest BCUT2D eigenvalue weighted by molar-refractivity contribution is 6.30. The molecule has 0 spiro atoms. The Kier molecular flexibility index (Phi) is 5.19.